The Balaban J connectivity index is 1.83. The van der Waals surface area contributed by atoms with Crippen molar-refractivity contribution in [2.24, 2.45) is 0 Å². The molecular weight excluding hydrogens is 472 g/mol. The predicted molar refractivity (Wildman–Crippen MR) is 138 cm³/mol. The molecule has 0 saturated carbocycles. The highest BCUT2D eigenvalue weighted by Crippen LogP contribution is 2.45. The highest BCUT2D eigenvalue weighted by Gasteiger charge is 2.25. The van der Waals surface area contributed by atoms with Crippen LogP contribution in [0.2, 0.25) is 0 Å². The first-order chi connectivity index (χ1) is 17.8. The van der Waals surface area contributed by atoms with Crippen LogP contribution in [-0.2, 0) is 0 Å². The number of ether oxygens (including phenoxy) is 2. The van der Waals surface area contributed by atoms with Gasteiger partial charge in [0.15, 0.2) is 0 Å². The van der Waals surface area contributed by atoms with Crippen LogP contribution in [0, 0.1) is 13.8 Å². The number of aromatic carboxylic acids is 1. The molecule has 4 heterocycles. The zero-order chi connectivity index (χ0) is 26.3. The molecule has 0 aliphatic heterocycles. The SMILES string of the molecule is COc1cc(C(=O)O)cc(OC)c1-c1cn([C@@H](C)c2ccccn2)c2ncc(-c3c(C)noc3C)cc12. The Morgan fingerprint density at radius 1 is 1.05 bits per heavy atom. The van der Waals surface area contributed by atoms with Gasteiger partial charge < -0.3 is 23.7 Å². The molecule has 0 aliphatic carbocycles. The number of hydrogen-bond donors (Lipinski definition) is 1. The number of carboxylic acid groups (broad SMARTS) is 1. The van der Waals surface area contributed by atoms with Gasteiger partial charge in [-0.3, -0.25) is 4.98 Å². The number of aromatic nitrogens is 4. The summed E-state index contributed by atoms with van der Waals surface area (Å²) in [5.74, 6) is 0.382. The molecule has 0 saturated heterocycles. The molecule has 5 aromatic rings. The van der Waals surface area contributed by atoms with Crippen LogP contribution in [0.1, 0.15) is 40.5 Å². The summed E-state index contributed by atoms with van der Waals surface area (Å²) in [6.45, 7) is 5.81. The molecule has 1 atom stereocenters. The van der Waals surface area contributed by atoms with Crippen LogP contribution in [-0.4, -0.2) is 45.0 Å². The summed E-state index contributed by atoms with van der Waals surface area (Å²) in [6.07, 6.45) is 5.55. The van der Waals surface area contributed by atoms with Crippen molar-refractivity contribution in [2.75, 3.05) is 14.2 Å². The fraction of sp³-hybridized carbons (Fsp3) is 0.214. The summed E-state index contributed by atoms with van der Waals surface area (Å²) in [6, 6.07) is 10.7. The van der Waals surface area contributed by atoms with E-state index in [1.54, 1.807) is 6.20 Å². The molecule has 37 heavy (non-hydrogen) atoms. The lowest BCUT2D eigenvalue weighted by molar-refractivity contribution is 0.0696. The smallest absolute Gasteiger partial charge is 0.335 e. The topological polar surface area (TPSA) is 113 Å². The predicted octanol–water partition coefficient (Wildman–Crippen LogP) is 5.69. The van der Waals surface area contributed by atoms with Crippen molar-refractivity contribution in [1.29, 1.82) is 0 Å². The zero-order valence-electron chi connectivity index (χ0n) is 21.1. The second-order valence-corrected chi connectivity index (χ2v) is 8.74. The monoisotopic (exact) mass is 498 g/mol. The number of carboxylic acids is 1. The van der Waals surface area contributed by atoms with Gasteiger partial charge in [0.1, 0.15) is 22.9 Å². The Hall–Kier alpha value is -4.66. The van der Waals surface area contributed by atoms with Crippen molar-refractivity contribution in [3.05, 3.63) is 77.7 Å². The number of nitrogens with zero attached hydrogens (tertiary/aromatic N) is 4. The first-order valence-corrected chi connectivity index (χ1v) is 11.7. The Morgan fingerprint density at radius 3 is 2.35 bits per heavy atom. The summed E-state index contributed by atoms with van der Waals surface area (Å²) in [4.78, 5) is 21.1. The lowest BCUT2D eigenvalue weighted by Gasteiger charge is -2.15. The van der Waals surface area contributed by atoms with E-state index in [4.69, 9.17) is 19.0 Å². The normalized spacial score (nSPS) is 12.0. The van der Waals surface area contributed by atoms with E-state index in [0.29, 0.717) is 22.8 Å². The van der Waals surface area contributed by atoms with Gasteiger partial charge in [-0.25, -0.2) is 9.78 Å². The molecule has 0 amide bonds. The van der Waals surface area contributed by atoms with Crippen molar-refractivity contribution in [3.8, 4) is 33.8 Å². The van der Waals surface area contributed by atoms with E-state index >= 15 is 0 Å². The Labute approximate surface area is 213 Å². The van der Waals surface area contributed by atoms with Gasteiger partial charge in [-0.15, -0.1) is 0 Å². The second-order valence-electron chi connectivity index (χ2n) is 8.74. The van der Waals surface area contributed by atoms with Crippen LogP contribution in [0.5, 0.6) is 11.5 Å². The number of carbonyl (C=O) groups is 1. The number of rotatable bonds is 7. The number of aryl methyl sites for hydroxylation is 2. The van der Waals surface area contributed by atoms with Gasteiger partial charge in [0.25, 0.3) is 0 Å². The Bertz CT molecular complexity index is 1580. The molecule has 1 N–H and O–H groups in total. The molecule has 0 fully saturated rings. The van der Waals surface area contributed by atoms with Crippen molar-refractivity contribution in [2.45, 2.75) is 26.8 Å². The molecule has 5 rings (SSSR count). The maximum atomic E-state index is 11.7. The summed E-state index contributed by atoms with van der Waals surface area (Å²) in [5, 5.41) is 14.5. The van der Waals surface area contributed by atoms with Crippen LogP contribution in [0.3, 0.4) is 0 Å². The fourth-order valence-corrected chi connectivity index (χ4v) is 4.72. The molecule has 4 aromatic heterocycles. The third kappa shape index (κ3) is 4.08. The van der Waals surface area contributed by atoms with E-state index in [0.717, 1.165) is 39.1 Å². The van der Waals surface area contributed by atoms with Crippen LogP contribution in [0.4, 0.5) is 0 Å². The highest BCUT2D eigenvalue weighted by molar-refractivity contribution is 6.01. The van der Waals surface area contributed by atoms with E-state index < -0.39 is 5.97 Å². The van der Waals surface area contributed by atoms with Gasteiger partial charge >= 0.3 is 5.97 Å². The summed E-state index contributed by atoms with van der Waals surface area (Å²) in [7, 11) is 3.01. The molecule has 0 spiro atoms. The van der Waals surface area contributed by atoms with E-state index in [1.807, 2.05) is 55.1 Å². The van der Waals surface area contributed by atoms with E-state index in [9.17, 15) is 9.90 Å². The zero-order valence-corrected chi connectivity index (χ0v) is 21.1. The van der Waals surface area contributed by atoms with Gasteiger partial charge in [0.05, 0.1) is 42.8 Å². The molecule has 1 aromatic carbocycles. The van der Waals surface area contributed by atoms with Crippen LogP contribution < -0.4 is 9.47 Å². The molecule has 0 bridgehead atoms. The molecule has 9 nitrogen and oxygen atoms in total. The fourth-order valence-electron chi connectivity index (χ4n) is 4.72. The standard InChI is InChI=1S/C28H26N4O5/c1-15-25(17(3)37-31-15)19-10-20-21(26-23(35-4)11-18(28(33)34)12-24(26)36-5)14-32(27(20)30-13-19)16(2)22-8-6-7-9-29-22/h6-14,16H,1-5H3,(H,33,34)/t16-/m0/s1. The minimum atomic E-state index is -1.07. The molecular formula is C28H26N4O5. The second kappa shape index (κ2) is 9.42. The molecule has 188 valence electrons. The van der Waals surface area contributed by atoms with Crippen LogP contribution in [0.25, 0.3) is 33.3 Å². The lowest BCUT2D eigenvalue weighted by atomic mass is 9.99. The van der Waals surface area contributed by atoms with Crippen LogP contribution >= 0.6 is 0 Å². The van der Waals surface area contributed by atoms with Gasteiger partial charge in [0.2, 0.25) is 0 Å². The Kier molecular flexibility index (Phi) is 6.12. The van der Waals surface area contributed by atoms with Gasteiger partial charge in [0, 0.05) is 40.7 Å². The summed E-state index contributed by atoms with van der Waals surface area (Å²) < 4.78 is 18.8. The maximum Gasteiger partial charge on any atom is 0.335 e. The number of methoxy groups -OCH3 is 2. The van der Waals surface area contributed by atoms with Crippen LogP contribution in [0.15, 0.2) is 59.5 Å². The quantitative estimate of drug-likeness (QED) is 0.304. The van der Waals surface area contributed by atoms with Gasteiger partial charge in [-0.2, -0.15) is 0 Å². The average Bonchev–Trinajstić information content (AvgIpc) is 3.46. The highest BCUT2D eigenvalue weighted by atomic mass is 16.5. The minimum Gasteiger partial charge on any atom is -0.496 e. The average molecular weight is 499 g/mol. The first-order valence-electron chi connectivity index (χ1n) is 11.7. The van der Waals surface area contributed by atoms with E-state index in [-0.39, 0.29) is 11.6 Å². The number of benzene rings is 1. The number of fused-ring (bicyclic) bond motifs is 1. The third-order valence-electron chi connectivity index (χ3n) is 6.55. The summed E-state index contributed by atoms with van der Waals surface area (Å²) >= 11 is 0. The molecule has 9 heteroatoms. The van der Waals surface area contributed by atoms with Crippen molar-refractivity contribution < 1.29 is 23.9 Å². The largest absolute Gasteiger partial charge is 0.496 e. The van der Waals surface area contributed by atoms with E-state index in [1.165, 1.54) is 26.4 Å². The van der Waals surface area contributed by atoms with Crippen molar-refractivity contribution in [3.63, 3.8) is 0 Å². The number of hydrogen-bond acceptors (Lipinski definition) is 7. The molecule has 0 unspecified atom stereocenters. The van der Waals surface area contributed by atoms with Crippen molar-refractivity contribution >= 4 is 17.0 Å². The van der Waals surface area contributed by atoms with Gasteiger partial charge in [-0.05, 0) is 51.1 Å². The maximum absolute atomic E-state index is 11.7. The minimum absolute atomic E-state index is 0.0672. The van der Waals surface area contributed by atoms with Gasteiger partial charge in [-0.1, -0.05) is 11.2 Å². The Morgan fingerprint density at radius 2 is 1.78 bits per heavy atom. The third-order valence-corrected chi connectivity index (χ3v) is 6.55. The molecule has 0 radical (unpaired) electrons. The number of pyridine rings is 2. The molecule has 0 aliphatic rings. The van der Waals surface area contributed by atoms with Crippen molar-refractivity contribution in [1.82, 2.24) is 19.7 Å². The summed E-state index contributed by atoms with van der Waals surface area (Å²) in [5.41, 5.74) is 5.59. The first kappa shape index (κ1) is 24.1. The lowest BCUT2D eigenvalue weighted by Crippen LogP contribution is -2.07. The van der Waals surface area contributed by atoms with E-state index in [2.05, 4.69) is 17.1 Å².